The lowest BCUT2D eigenvalue weighted by Crippen LogP contribution is -2.13. The monoisotopic (exact) mass is 497 g/mol. The van der Waals surface area contributed by atoms with Gasteiger partial charge < -0.3 is 24.1 Å². The topological polar surface area (TPSA) is 107 Å². The van der Waals surface area contributed by atoms with E-state index in [0.717, 1.165) is 11.5 Å². The Labute approximate surface area is 193 Å². The van der Waals surface area contributed by atoms with Gasteiger partial charge in [0.15, 0.2) is 5.82 Å². The van der Waals surface area contributed by atoms with Crippen molar-refractivity contribution in [2.45, 2.75) is 6.92 Å². The van der Waals surface area contributed by atoms with Crippen molar-refractivity contribution in [1.82, 2.24) is 5.16 Å². The van der Waals surface area contributed by atoms with Crippen molar-refractivity contribution in [3.8, 4) is 23.3 Å². The molecule has 0 saturated carbocycles. The van der Waals surface area contributed by atoms with E-state index in [0.29, 0.717) is 34.8 Å². The van der Waals surface area contributed by atoms with Crippen LogP contribution < -0.4 is 19.5 Å². The van der Waals surface area contributed by atoms with Crippen LogP contribution in [0.15, 0.2) is 63.1 Å². The predicted molar refractivity (Wildman–Crippen MR) is 122 cm³/mol. The fraction of sp³-hybridized carbons (Fsp3) is 0.174. The van der Waals surface area contributed by atoms with Gasteiger partial charge in [-0.05, 0) is 70.9 Å². The Morgan fingerprint density at radius 2 is 1.88 bits per heavy atom. The number of benzene rings is 2. The second kappa shape index (κ2) is 11.0. The number of hydrogen-bond acceptors (Lipinski definition) is 7. The highest BCUT2D eigenvalue weighted by Gasteiger charge is 2.12. The summed E-state index contributed by atoms with van der Waals surface area (Å²) in [6.07, 6.45) is 1.48. The molecule has 164 valence electrons. The van der Waals surface area contributed by atoms with E-state index in [2.05, 4.69) is 26.4 Å². The second-order valence-corrected chi connectivity index (χ2v) is 7.36. The Balaban J connectivity index is 1.55. The fourth-order valence-corrected chi connectivity index (χ4v) is 3.14. The molecule has 1 N–H and O–H groups in total. The molecule has 0 bridgehead atoms. The minimum Gasteiger partial charge on any atom is -0.497 e. The van der Waals surface area contributed by atoms with E-state index in [9.17, 15) is 10.1 Å². The summed E-state index contributed by atoms with van der Waals surface area (Å²) in [5, 5.41) is 15.6. The molecule has 0 aliphatic heterocycles. The molecule has 3 rings (SSSR count). The molecule has 3 aromatic rings. The summed E-state index contributed by atoms with van der Waals surface area (Å²) in [4.78, 5) is 12.3. The van der Waals surface area contributed by atoms with Gasteiger partial charge in [-0.15, -0.1) is 0 Å². The molecular formula is C23H20BrN3O5. The van der Waals surface area contributed by atoms with Crippen molar-refractivity contribution in [2.24, 2.45) is 0 Å². The molecule has 0 spiro atoms. The third kappa shape index (κ3) is 6.36. The van der Waals surface area contributed by atoms with Gasteiger partial charge in [0.1, 0.15) is 47.9 Å². The number of aromatic nitrogens is 1. The van der Waals surface area contributed by atoms with Crippen LogP contribution in [0.2, 0.25) is 0 Å². The van der Waals surface area contributed by atoms with Gasteiger partial charge in [0.05, 0.1) is 11.6 Å². The molecule has 32 heavy (non-hydrogen) atoms. The average molecular weight is 498 g/mol. The molecular weight excluding hydrogens is 478 g/mol. The van der Waals surface area contributed by atoms with E-state index in [1.54, 1.807) is 38.3 Å². The number of nitriles is 1. The average Bonchev–Trinajstić information content (AvgIpc) is 3.20. The van der Waals surface area contributed by atoms with Gasteiger partial charge in [-0.2, -0.15) is 5.26 Å². The number of carbonyl (C=O) groups excluding carboxylic acids is 1. The van der Waals surface area contributed by atoms with Gasteiger partial charge >= 0.3 is 0 Å². The Morgan fingerprint density at radius 3 is 2.50 bits per heavy atom. The number of carbonyl (C=O) groups is 1. The summed E-state index contributed by atoms with van der Waals surface area (Å²) in [5.41, 5.74) is 0.584. The predicted octanol–water partition coefficient (Wildman–Crippen LogP) is 4.76. The minimum absolute atomic E-state index is 0.0703. The van der Waals surface area contributed by atoms with E-state index >= 15 is 0 Å². The largest absolute Gasteiger partial charge is 0.497 e. The first kappa shape index (κ1) is 22.9. The van der Waals surface area contributed by atoms with Crippen LogP contribution in [0.1, 0.15) is 11.3 Å². The first-order valence-electron chi connectivity index (χ1n) is 9.54. The van der Waals surface area contributed by atoms with Gasteiger partial charge in [-0.25, -0.2) is 0 Å². The molecule has 8 nitrogen and oxygen atoms in total. The molecule has 1 aromatic heterocycles. The third-order valence-electron chi connectivity index (χ3n) is 4.17. The Kier molecular flexibility index (Phi) is 7.89. The van der Waals surface area contributed by atoms with E-state index in [4.69, 9.17) is 18.7 Å². The van der Waals surface area contributed by atoms with Crippen LogP contribution >= 0.6 is 15.9 Å². The van der Waals surface area contributed by atoms with E-state index < -0.39 is 5.91 Å². The number of nitrogens with zero attached hydrogens (tertiary/aromatic N) is 2. The zero-order valence-corrected chi connectivity index (χ0v) is 19.0. The number of nitrogens with one attached hydrogen (secondary N) is 1. The number of rotatable bonds is 9. The van der Waals surface area contributed by atoms with Crippen LogP contribution in [0.3, 0.4) is 0 Å². The van der Waals surface area contributed by atoms with Crippen LogP contribution in [0.4, 0.5) is 5.82 Å². The number of amides is 1. The first-order chi connectivity index (χ1) is 15.5. The van der Waals surface area contributed by atoms with Gasteiger partial charge in [0.25, 0.3) is 5.91 Å². The number of methoxy groups -OCH3 is 1. The summed E-state index contributed by atoms with van der Waals surface area (Å²) in [6.45, 7) is 2.40. The number of ether oxygens (including phenoxy) is 3. The molecule has 0 unspecified atom stereocenters. The lowest BCUT2D eigenvalue weighted by Gasteiger charge is -2.10. The Bertz CT molecular complexity index is 1150. The summed E-state index contributed by atoms with van der Waals surface area (Å²) < 4.78 is 22.1. The minimum atomic E-state index is -0.576. The maximum Gasteiger partial charge on any atom is 0.267 e. The zero-order valence-electron chi connectivity index (χ0n) is 17.4. The molecule has 0 atom stereocenters. The van der Waals surface area contributed by atoms with Gasteiger partial charge in [-0.1, -0.05) is 11.2 Å². The quantitative estimate of drug-likeness (QED) is 0.258. The SMILES string of the molecule is COc1ccc(OCCOc2ccc(/C=C(/C#N)C(=O)Nc3cc(C)on3)cc2Br)cc1. The Hall–Kier alpha value is -3.77. The highest BCUT2D eigenvalue weighted by atomic mass is 79.9. The molecule has 1 heterocycles. The molecule has 0 saturated heterocycles. The van der Waals surface area contributed by atoms with Crippen molar-refractivity contribution in [2.75, 3.05) is 25.6 Å². The Morgan fingerprint density at radius 1 is 1.16 bits per heavy atom. The second-order valence-electron chi connectivity index (χ2n) is 6.51. The molecule has 2 aromatic carbocycles. The number of aryl methyl sites for hydroxylation is 1. The number of hydrogen-bond donors (Lipinski definition) is 1. The van der Waals surface area contributed by atoms with E-state index in [-0.39, 0.29) is 11.4 Å². The number of halogens is 1. The van der Waals surface area contributed by atoms with Crippen molar-refractivity contribution in [3.63, 3.8) is 0 Å². The molecule has 0 aliphatic carbocycles. The van der Waals surface area contributed by atoms with Gasteiger partial charge in [-0.3, -0.25) is 4.79 Å². The third-order valence-corrected chi connectivity index (χ3v) is 4.79. The number of anilines is 1. The highest BCUT2D eigenvalue weighted by Crippen LogP contribution is 2.27. The lowest BCUT2D eigenvalue weighted by molar-refractivity contribution is -0.112. The van der Waals surface area contributed by atoms with Gasteiger partial charge in [0, 0.05) is 6.07 Å². The molecule has 1 amide bonds. The standard InChI is InChI=1S/C23H20BrN3O5/c1-15-11-22(27-32-15)26-23(28)17(14-25)12-16-3-8-21(20(24)13-16)31-10-9-30-19-6-4-18(29-2)5-7-19/h3-8,11-13H,9-10H2,1-2H3,(H,26,27,28)/b17-12-. The smallest absolute Gasteiger partial charge is 0.267 e. The van der Waals surface area contributed by atoms with E-state index in [1.165, 1.54) is 6.08 Å². The molecule has 0 fully saturated rings. The fourth-order valence-electron chi connectivity index (χ4n) is 2.63. The van der Waals surface area contributed by atoms with Crippen molar-refractivity contribution >= 4 is 33.7 Å². The first-order valence-corrected chi connectivity index (χ1v) is 10.3. The van der Waals surface area contributed by atoms with Gasteiger partial charge in [0.2, 0.25) is 0 Å². The normalized spacial score (nSPS) is 10.9. The highest BCUT2D eigenvalue weighted by molar-refractivity contribution is 9.10. The van der Waals surface area contributed by atoms with Crippen LogP contribution in [-0.2, 0) is 4.79 Å². The molecule has 0 aliphatic rings. The van der Waals surface area contributed by atoms with Crippen LogP contribution in [-0.4, -0.2) is 31.4 Å². The summed E-state index contributed by atoms with van der Waals surface area (Å²) in [7, 11) is 1.61. The van der Waals surface area contributed by atoms with Crippen molar-refractivity contribution in [3.05, 3.63) is 69.9 Å². The molecule has 0 radical (unpaired) electrons. The van der Waals surface area contributed by atoms with Crippen molar-refractivity contribution in [1.29, 1.82) is 5.26 Å². The van der Waals surface area contributed by atoms with E-state index in [1.807, 2.05) is 30.3 Å². The maximum absolute atomic E-state index is 12.3. The lowest BCUT2D eigenvalue weighted by atomic mass is 10.1. The van der Waals surface area contributed by atoms with Crippen molar-refractivity contribution < 1.29 is 23.5 Å². The molecule has 9 heteroatoms. The maximum atomic E-state index is 12.3. The van der Waals surface area contributed by atoms with Crippen LogP contribution in [0, 0.1) is 18.3 Å². The van der Waals surface area contributed by atoms with Crippen LogP contribution in [0.25, 0.3) is 6.08 Å². The summed E-state index contributed by atoms with van der Waals surface area (Å²) in [5.74, 6) is 2.32. The zero-order chi connectivity index (χ0) is 22.9. The van der Waals surface area contributed by atoms with Crippen LogP contribution in [0.5, 0.6) is 17.2 Å². The summed E-state index contributed by atoms with van der Waals surface area (Å²) in [6, 6.07) is 16.0. The summed E-state index contributed by atoms with van der Waals surface area (Å²) >= 11 is 3.45.